The second kappa shape index (κ2) is 13.0. The minimum absolute atomic E-state index is 0.00785. The normalized spacial score (nSPS) is 11.4. The van der Waals surface area contributed by atoms with Gasteiger partial charge in [-0.3, -0.25) is 23.3 Å². The summed E-state index contributed by atoms with van der Waals surface area (Å²) in [6.45, 7) is 3.85. The number of rotatable bonds is 8. The van der Waals surface area contributed by atoms with Crippen molar-refractivity contribution in [3.05, 3.63) is 113 Å². The van der Waals surface area contributed by atoms with Crippen LogP contribution in [-0.2, 0) is 25.4 Å². The Bertz CT molecular complexity index is 2230. The first kappa shape index (κ1) is 32.1. The summed E-state index contributed by atoms with van der Waals surface area (Å²) >= 11 is 12.6. The van der Waals surface area contributed by atoms with Gasteiger partial charge in [-0.05, 0) is 72.5 Å². The first-order valence-electron chi connectivity index (χ1n) is 13.9. The van der Waals surface area contributed by atoms with E-state index < -0.39 is 17.2 Å². The van der Waals surface area contributed by atoms with Crippen LogP contribution in [0.3, 0.4) is 0 Å². The maximum atomic E-state index is 13.3. The number of nitrogens with one attached hydrogen (secondary N) is 1. The molecule has 1 N–H and O–H groups in total. The predicted molar refractivity (Wildman–Crippen MR) is 177 cm³/mol. The van der Waals surface area contributed by atoms with Gasteiger partial charge in [-0.2, -0.15) is 10.2 Å². The van der Waals surface area contributed by atoms with Crippen molar-refractivity contribution in [3.63, 3.8) is 0 Å². The Morgan fingerprint density at radius 3 is 2.48 bits per heavy atom. The second-order valence-electron chi connectivity index (χ2n) is 10.5. The van der Waals surface area contributed by atoms with Crippen LogP contribution in [0.15, 0.2) is 69.8 Å². The highest BCUT2D eigenvalue weighted by Gasteiger charge is 2.23. The average molecular weight is 660 g/mol. The molecule has 0 unspecified atom stereocenters. The fourth-order valence-electron chi connectivity index (χ4n) is 4.80. The summed E-state index contributed by atoms with van der Waals surface area (Å²) in [5.74, 6) is -0.0817. The first-order valence-corrected chi connectivity index (χ1v) is 14.6. The molecule has 1 amide bonds. The number of anilines is 1. The molecule has 0 aliphatic rings. The van der Waals surface area contributed by atoms with E-state index in [0.29, 0.717) is 26.9 Å². The van der Waals surface area contributed by atoms with Gasteiger partial charge in [0.05, 0.1) is 13.7 Å². The molecule has 0 spiro atoms. The fourth-order valence-corrected chi connectivity index (χ4v) is 5.27. The van der Waals surface area contributed by atoms with E-state index in [-0.39, 0.29) is 40.8 Å². The van der Waals surface area contributed by atoms with Gasteiger partial charge in [0.2, 0.25) is 0 Å². The number of imidazole rings is 1. The molecule has 0 fully saturated rings. The Kier molecular flexibility index (Phi) is 9.05. The van der Waals surface area contributed by atoms with E-state index in [2.05, 4.69) is 10.3 Å². The summed E-state index contributed by atoms with van der Waals surface area (Å²) in [4.78, 5) is 43.5. The molecule has 2 heterocycles. The Hall–Kier alpha value is -5.31. The molecule has 46 heavy (non-hydrogen) atoms. The van der Waals surface area contributed by atoms with Gasteiger partial charge in [0, 0.05) is 29.8 Å². The molecular weight excluding hydrogens is 631 g/mol. The molecule has 0 aliphatic carbocycles. The zero-order valence-corrected chi connectivity index (χ0v) is 27.0. The van der Waals surface area contributed by atoms with E-state index >= 15 is 0 Å². The third-order valence-corrected chi connectivity index (χ3v) is 7.95. The van der Waals surface area contributed by atoms with Crippen LogP contribution < -0.4 is 26.0 Å². The van der Waals surface area contributed by atoms with Gasteiger partial charge < -0.3 is 14.8 Å². The Morgan fingerprint density at radius 2 is 1.78 bits per heavy atom. The fraction of sp³-hybridized carbons (Fsp3) is 0.182. The standard InChI is InChI=1S/C33H28Cl2N6O5/c1-18-6-7-19(2)25(12-18)37-30(42)22(16-36)13-20-8-11-26(27(14-20)45-5)46-32-38-29-28(31(43)40(4)33(44)39(29)3)41(32)17-21-9-10-23(34)15-24(21)35/h6-15H,17H2,1-5H3,(H,37,42)/b22-13-. The zero-order valence-electron chi connectivity index (χ0n) is 25.5. The van der Waals surface area contributed by atoms with E-state index in [1.54, 1.807) is 36.4 Å². The summed E-state index contributed by atoms with van der Waals surface area (Å²) in [6, 6.07) is 17.4. The maximum Gasteiger partial charge on any atom is 0.332 e. The van der Waals surface area contributed by atoms with Crippen molar-refractivity contribution in [3.8, 4) is 23.6 Å². The number of fused-ring (bicyclic) bond motifs is 1. The molecular formula is C33H28Cl2N6O5. The highest BCUT2D eigenvalue weighted by molar-refractivity contribution is 6.35. The number of hydrogen-bond donors (Lipinski definition) is 1. The zero-order chi connectivity index (χ0) is 33.3. The van der Waals surface area contributed by atoms with Crippen LogP contribution in [0.5, 0.6) is 17.5 Å². The molecule has 5 rings (SSSR count). The van der Waals surface area contributed by atoms with Crippen molar-refractivity contribution < 1.29 is 14.3 Å². The predicted octanol–water partition coefficient (Wildman–Crippen LogP) is 5.75. The van der Waals surface area contributed by atoms with Gasteiger partial charge in [0.25, 0.3) is 11.5 Å². The molecule has 0 atom stereocenters. The lowest BCUT2D eigenvalue weighted by atomic mass is 10.1. The maximum absolute atomic E-state index is 13.3. The van der Waals surface area contributed by atoms with Crippen molar-refractivity contribution in [2.45, 2.75) is 20.4 Å². The highest BCUT2D eigenvalue weighted by atomic mass is 35.5. The van der Waals surface area contributed by atoms with E-state index in [4.69, 9.17) is 32.7 Å². The number of aryl methyl sites for hydroxylation is 3. The molecule has 0 bridgehead atoms. The quantitative estimate of drug-likeness (QED) is 0.166. The third-order valence-electron chi connectivity index (χ3n) is 7.36. The number of aromatic nitrogens is 4. The monoisotopic (exact) mass is 658 g/mol. The number of nitriles is 1. The van der Waals surface area contributed by atoms with Gasteiger partial charge in [0.15, 0.2) is 22.7 Å². The van der Waals surface area contributed by atoms with Crippen LogP contribution in [0.2, 0.25) is 10.0 Å². The SMILES string of the molecule is COc1cc(/C=C(/C#N)C(=O)Nc2cc(C)ccc2C)ccc1Oc1nc2c(c(=O)n(C)c(=O)n2C)n1Cc1ccc(Cl)cc1Cl. The number of hydrogen-bond acceptors (Lipinski definition) is 7. The largest absolute Gasteiger partial charge is 0.493 e. The van der Waals surface area contributed by atoms with Crippen molar-refractivity contribution in [2.75, 3.05) is 12.4 Å². The van der Waals surface area contributed by atoms with Gasteiger partial charge >= 0.3 is 11.7 Å². The van der Waals surface area contributed by atoms with Crippen molar-refractivity contribution in [1.29, 1.82) is 5.26 Å². The molecule has 3 aromatic carbocycles. The van der Waals surface area contributed by atoms with Gasteiger partial charge in [-0.25, -0.2) is 4.79 Å². The molecule has 5 aromatic rings. The van der Waals surface area contributed by atoms with Crippen molar-refractivity contribution in [1.82, 2.24) is 18.7 Å². The number of nitrogens with zero attached hydrogens (tertiary/aromatic N) is 5. The summed E-state index contributed by atoms with van der Waals surface area (Å²) < 4.78 is 15.5. The van der Waals surface area contributed by atoms with Crippen LogP contribution >= 0.6 is 23.2 Å². The van der Waals surface area contributed by atoms with Crippen molar-refractivity contribution in [2.24, 2.45) is 14.1 Å². The van der Waals surface area contributed by atoms with Crippen LogP contribution in [-0.4, -0.2) is 31.7 Å². The Balaban J connectivity index is 1.54. The summed E-state index contributed by atoms with van der Waals surface area (Å²) in [5, 5.41) is 13.4. The number of carbonyl (C=O) groups is 1. The molecule has 0 saturated carbocycles. The number of methoxy groups -OCH3 is 1. The lowest BCUT2D eigenvalue weighted by molar-refractivity contribution is -0.112. The molecule has 13 heteroatoms. The van der Waals surface area contributed by atoms with Crippen LogP contribution in [0.1, 0.15) is 22.3 Å². The molecule has 2 aromatic heterocycles. The van der Waals surface area contributed by atoms with Crippen LogP contribution in [0, 0.1) is 25.2 Å². The Labute approximate surface area is 273 Å². The number of benzene rings is 3. The summed E-state index contributed by atoms with van der Waals surface area (Å²) in [5.41, 5.74) is 2.56. The van der Waals surface area contributed by atoms with E-state index in [9.17, 15) is 19.6 Å². The first-order chi connectivity index (χ1) is 21.9. The van der Waals surface area contributed by atoms with Crippen LogP contribution in [0.4, 0.5) is 5.69 Å². The highest BCUT2D eigenvalue weighted by Crippen LogP contribution is 2.34. The lowest BCUT2D eigenvalue weighted by Gasteiger charge is -2.14. The minimum atomic E-state index is -0.568. The summed E-state index contributed by atoms with van der Waals surface area (Å²) in [6.07, 6.45) is 1.43. The lowest BCUT2D eigenvalue weighted by Crippen LogP contribution is -2.37. The smallest absolute Gasteiger partial charge is 0.332 e. The average Bonchev–Trinajstić information content (AvgIpc) is 3.38. The molecule has 0 saturated heterocycles. The van der Waals surface area contributed by atoms with Gasteiger partial charge in [-0.15, -0.1) is 0 Å². The van der Waals surface area contributed by atoms with Gasteiger partial charge in [-0.1, -0.05) is 47.5 Å². The molecule has 11 nitrogen and oxygen atoms in total. The summed E-state index contributed by atoms with van der Waals surface area (Å²) in [7, 11) is 4.32. The van der Waals surface area contributed by atoms with Gasteiger partial charge in [0.1, 0.15) is 11.6 Å². The number of carbonyl (C=O) groups excluding carboxylic acids is 1. The molecule has 234 valence electrons. The topological polar surface area (TPSA) is 133 Å². The molecule has 0 radical (unpaired) electrons. The van der Waals surface area contributed by atoms with E-state index in [0.717, 1.165) is 15.7 Å². The Morgan fingerprint density at radius 1 is 1.02 bits per heavy atom. The van der Waals surface area contributed by atoms with E-state index in [1.165, 1.54) is 36.4 Å². The van der Waals surface area contributed by atoms with Crippen LogP contribution in [0.25, 0.3) is 17.2 Å². The van der Waals surface area contributed by atoms with E-state index in [1.807, 2.05) is 38.1 Å². The number of halogens is 2. The number of amides is 1. The second-order valence-corrected chi connectivity index (χ2v) is 11.4. The number of ether oxygens (including phenoxy) is 2. The molecule has 0 aliphatic heterocycles. The third kappa shape index (κ3) is 6.26. The van der Waals surface area contributed by atoms with Crippen molar-refractivity contribution >= 4 is 52.0 Å². The minimum Gasteiger partial charge on any atom is -0.493 e.